The zero-order chi connectivity index (χ0) is 14.0. The first kappa shape index (κ1) is 13.7. The van der Waals surface area contributed by atoms with Crippen LogP contribution in [0.3, 0.4) is 0 Å². The van der Waals surface area contributed by atoms with E-state index in [2.05, 4.69) is 45.0 Å². The minimum atomic E-state index is 0.118. The highest BCUT2D eigenvalue weighted by atomic mass is 32.2. The van der Waals surface area contributed by atoms with Gasteiger partial charge in [-0.2, -0.15) is 0 Å². The zero-order valence-corrected chi connectivity index (χ0v) is 12.3. The molecule has 2 aromatic carbocycles. The number of benzene rings is 2. The predicted octanol–water partition coefficient (Wildman–Crippen LogP) is 4.05. The van der Waals surface area contributed by atoms with Crippen molar-refractivity contribution in [3.63, 3.8) is 0 Å². The number of hydrogen-bond acceptors (Lipinski definition) is 2. The number of rotatable bonds is 3. The van der Waals surface area contributed by atoms with Crippen molar-refractivity contribution in [1.82, 2.24) is 0 Å². The average molecular weight is 270 g/mol. The summed E-state index contributed by atoms with van der Waals surface area (Å²) in [6.07, 6.45) is 0. The summed E-state index contributed by atoms with van der Waals surface area (Å²) in [6, 6.07) is 12.4. The van der Waals surface area contributed by atoms with Crippen LogP contribution in [-0.2, 0) is 0 Å². The lowest BCUT2D eigenvalue weighted by Crippen LogP contribution is -2.12. The van der Waals surface area contributed by atoms with E-state index in [4.69, 9.17) is 11.1 Å². The molecule has 0 spiro atoms. The van der Waals surface area contributed by atoms with Gasteiger partial charge in [0.15, 0.2) is 0 Å². The van der Waals surface area contributed by atoms with Gasteiger partial charge in [0.25, 0.3) is 0 Å². The Morgan fingerprint density at radius 2 is 1.53 bits per heavy atom. The van der Waals surface area contributed by atoms with Crippen molar-refractivity contribution in [3.8, 4) is 0 Å². The Morgan fingerprint density at radius 3 is 2.16 bits per heavy atom. The molecule has 0 radical (unpaired) electrons. The second kappa shape index (κ2) is 5.49. The van der Waals surface area contributed by atoms with Gasteiger partial charge in [0.2, 0.25) is 0 Å². The normalized spacial score (nSPS) is 10.5. The Bertz CT molecular complexity index is 633. The van der Waals surface area contributed by atoms with Crippen LogP contribution in [0.4, 0.5) is 0 Å². The summed E-state index contributed by atoms with van der Waals surface area (Å²) in [6.45, 7) is 6.24. The first-order valence-electron chi connectivity index (χ1n) is 6.17. The minimum Gasteiger partial charge on any atom is -0.384 e. The van der Waals surface area contributed by atoms with Crippen molar-refractivity contribution >= 4 is 17.6 Å². The Balaban J connectivity index is 2.45. The number of amidine groups is 1. The van der Waals surface area contributed by atoms with Gasteiger partial charge in [0, 0.05) is 15.4 Å². The van der Waals surface area contributed by atoms with Crippen LogP contribution < -0.4 is 5.73 Å². The van der Waals surface area contributed by atoms with Crippen molar-refractivity contribution in [2.45, 2.75) is 30.6 Å². The maximum absolute atomic E-state index is 7.67. The van der Waals surface area contributed by atoms with Gasteiger partial charge in [0.1, 0.15) is 5.84 Å². The second-order valence-corrected chi connectivity index (χ2v) is 5.87. The SMILES string of the molecule is Cc1ccc(C)c(Sc2cc(C)ccc2C(=N)N)c1. The molecule has 2 aromatic rings. The molecule has 0 fully saturated rings. The fraction of sp³-hybridized carbons (Fsp3) is 0.188. The van der Waals surface area contributed by atoms with Crippen molar-refractivity contribution in [3.05, 3.63) is 58.7 Å². The molecule has 0 atom stereocenters. The average Bonchev–Trinajstić information content (AvgIpc) is 2.33. The highest BCUT2D eigenvalue weighted by Crippen LogP contribution is 2.33. The molecule has 2 nitrogen and oxygen atoms in total. The molecule has 0 aliphatic rings. The van der Waals surface area contributed by atoms with Gasteiger partial charge >= 0.3 is 0 Å². The van der Waals surface area contributed by atoms with E-state index in [1.54, 1.807) is 11.8 Å². The van der Waals surface area contributed by atoms with Crippen LogP contribution >= 0.6 is 11.8 Å². The van der Waals surface area contributed by atoms with Gasteiger partial charge in [-0.05, 0) is 55.7 Å². The topological polar surface area (TPSA) is 49.9 Å². The van der Waals surface area contributed by atoms with Crippen molar-refractivity contribution < 1.29 is 0 Å². The van der Waals surface area contributed by atoms with Gasteiger partial charge in [0.05, 0.1) is 0 Å². The van der Waals surface area contributed by atoms with Gasteiger partial charge < -0.3 is 5.73 Å². The maximum atomic E-state index is 7.67. The molecule has 0 bridgehead atoms. The highest BCUT2D eigenvalue weighted by Gasteiger charge is 2.09. The molecular weight excluding hydrogens is 252 g/mol. The molecule has 19 heavy (non-hydrogen) atoms. The lowest BCUT2D eigenvalue weighted by molar-refractivity contribution is 1.24. The van der Waals surface area contributed by atoms with Crippen molar-refractivity contribution in [1.29, 1.82) is 5.41 Å². The third-order valence-corrected chi connectivity index (χ3v) is 4.21. The van der Waals surface area contributed by atoms with E-state index in [0.717, 1.165) is 10.5 Å². The molecule has 0 saturated carbocycles. The number of hydrogen-bond donors (Lipinski definition) is 2. The van der Waals surface area contributed by atoms with Crippen LogP contribution in [0.5, 0.6) is 0 Å². The summed E-state index contributed by atoms with van der Waals surface area (Å²) >= 11 is 1.68. The lowest BCUT2D eigenvalue weighted by atomic mass is 10.1. The van der Waals surface area contributed by atoms with Crippen molar-refractivity contribution in [2.24, 2.45) is 5.73 Å². The van der Waals surface area contributed by atoms with Gasteiger partial charge in [-0.1, -0.05) is 30.0 Å². The Morgan fingerprint density at radius 1 is 0.947 bits per heavy atom. The molecule has 3 heteroatoms. The van der Waals surface area contributed by atoms with E-state index in [9.17, 15) is 0 Å². The zero-order valence-electron chi connectivity index (χ0n) is 11.4. The summed E-state index contributed by atoms with van der Waals surface area (Å²) in [7, 11) is 0. The number of nitrogen functional groups attached to an aromatic ring is 1. The molecule has 0 aliphatic heterocycles. The fourth-order valence-corrected chi connectivity index (χ4v) is 3.12. The third kappa shape index (κ3) is 3.18. The summed E-state index contributed by atoms with van der Waals surface area (Å²) in [5.41, 5.74) is 10.1. The number of aryl methyl sites for hydroxylation is 3. The quantitative estimate of drug-likeness (QED) is 0.653. The summed E-state index contributed by atoms with van der Waals surface area (Å²) < 4.78 is 0. The van der Waals surface area contributed by atoms with Crippen LogP contribution in [0.1, 0.15) is 22.3 Å². The Kier molecular flexibility index (Phi) is 3.96. The summed E-state index contributed by atoms with van der Waals surface area (Å²) in [5, 5.41) is 7.67. The number of nitrogens with one attached hydrogen (secondary N) is 1. The first-order valence-corrected chi connectivity index (χ1v) is 6.99. The van der Waals surface area contributed by atoms with Crippen LogP contribution in [0.2, 0.25) is 0 Å². The van der Waals surface area contributed by atoms with Gasteiger partial charge in [-0.3, -0.25) is 5.41 Å². The Labute approximate surface area is 118 Å². The molecule has 0 aliphatic carbocycles. The molecule has 3 N–H and O–H groups in total. The molecule has 0 unspecified atom stereocenters. The fourth-order valence-electron chi connectivity index (χ4n) is 1.87. The van der Waals surface area contributed by atoms with Crippen molar-refractivity contribution in [2.75, 3.05) is 0 Å². The van der Waals surface area contributed by atoms with Crippen LogP contribution in [0, 0.1) is 26.2 Å². The molecule has 0 aromatic heterocycles. The van der Waals surface area contributed by atoms with E-state index in [0.29, 0.717) is 0 Å². The monoisotopic (exact) mass is 270 g/mol. The lowest BCUT2D eigenvalue weighted by Gasteiger charge is -2.11. The minimum absolute atomic E-state index is 0.118. The molecule has 0 heterocycles. The van der Waals surface area contributed by atoms with E-state index in [1.807, 2.05) is 12.1 Å². The van der Waals surface area contributed by atoms with E-state index in [1.165, 1.54) is 21.6 Å². The van der Waals surface area contributed by atoms with Crippen LogP contribution in [-0.4, -0.2) is 5.84 Å². The highest BCUT2D eigenvalue weighted by molar-refractivity contribution is 7.99. The molecule has 2 rings (SSSR count). The molecule has 0 amide bonds. The van der Waals surface area contributed by atoms with E-state index >= 15 is 0 Å². The molecule has 98 valence electrons. The largest absolute Gasteiger partial charge is 0.384 e. The first-order chi connectivity index (χ1) is 8.97. The Hall–Kier alpha value is -1.74. The standard InChI is InChI=1S/C16H18N2S/c1-10-4-6-12(3)14(8-10)19-15-9-11(2)5-7-13(15)16(17)18/h4-9H,1-3H3,(H3,17,18). The molecular formula is C16H18N2S. The predicted molar refractivity (Wildman–Crippen MR) is 82.2 cm³/mol. The molecule has 0 saturated heterocycles. The van der Waals surface area contributed by atoms with Crippen LogP contribution in [0.25, 0.3) is 0 Å². The third-order valence-electron chi connectivity index (χ3n) is 2.99. The summed E-state index contributed by atoms with van der Waals surface area (Å²) in [5.74, 6) is 0.118. The summed E-state index contributed by atoms with van der Waals surface area (Å²) in [4.78, 5) is 2.26. The van der Waals surface area contributed by atoms with Gasteiger partial charge in [-0.25, -0.2) is 0 Å². The second-order valence-electron chi connectivity index (χ2n) is 4.78. The maximum Gasteiger partial charge on any atom is 0.123 e. The van der Waals surface area contributed by atoms with Crippen LogP contribution in [0.15, 0.2) is 46.2 Å². The number of nitrogens with two attached hydrogens (primary N) is 1. The van der Waals surface area contributed by atoms with E-state index in [-0.39, 0.29) is 5.84 Å². The smallest absolute Gasteiger partial charge is 0.123 e. The van der Waals surface area contributed by atoms with E-state index < -0.39 is 0 Å². The van der Waals surface area contributed by atoms with Gasteiger partial charge in [-0.15, -0.1) is 0 Å².